The Labute approximate surface area is 141 Å². The summed E-state index contributed by atoms with van der Waals surface area (Å²) in [4.78, 5) is 17.7. The number of fused-ring (bicyclic) bond motifs is 1. The molecule has 0 atom stereocenters. The summed E-state index contributed by atoms with van der Waals surface area (Å²) in [6.45, 7) is 3.52. The molecule has 2 heterocycles. The van der Waals surface area contributed by atoms with E-state index in [0.717, 1.165) is 11.3 Å². The van der Waals surface area contributed by atoms with Crippen LogP contribution in [-0.4, -0.2) is 26.4 Å². The molecule has 1 amide bonds. The Hall–Kier alpha value is -2.25. The van der Waals surface area contributed by atoms with Crippen molar-refractivity contribution in [3.8, 4) is 0 Å². The Kier molecular flexibility index (Phi) is 3.93. The molecule has 24 heavy (non-hydrogen) atoms. The first-order chi connectivity index (χ1) is 11.2. The minimum Gasteiger partial charge on any atom is -0.315 e. The van der Waals surface area contributed by atoms with Crippen molar-refractivity contribution < 1.29 is 13.2 Å². The van der Waals surface area contributed by atoms with Crippen LogP contribution >= 0.6 is 0 Å². The highest BCUT2D eigenvalue weighted by Crippen LogP contribution is 2.30. The van der Waals surface area contributed by atoms with E-state index in [4.69, 9.17) is 0 Å². The van der Waals surface area contributed by atoms with E-state index in [9.17, 15) is 13.2 Å². The second kappa shape index (κ2) is 5.68. The number of sulfonamides is 1. The zero-order chi connectivity index (χ0) is 17.5. The number of benzene rings is 1. The third-order valence-electron chi connectivity index (χ3n) is 4.13. The van der Waals surface area contributed by atoms with Crippen LogP contribution in [0.5, 0.6) is 0 Å². The smallest absolute Gasteiger partial charge is 0.241 e. The van der Waals surface area contributed by atoms with Crippen LogP contribution < -0.4 is 9.62 Å². The summed E-state index contributed by atoms with van der Waals surface area (Å²) in [5, 5.41) is 0. The van der Waals surface area contributed by atoms with Crippen LogP contribution in [0, 0.1) is 0 Å². The lowest BCUT2D eigenvalue weighted by Gasteiger charge is -2.25. The first kappa shape index (κ1) is 16.6. The third kappa shape index (κ3) is 2.92. The highest BCUT2D eigenvalue weighted by atomic mass is 32.2. The Morgan fingerprint density at radius 1 is 1.21 bits per heavy atom. The molecular weight excluding hydrogens is 326 g/mol. The lowest BCUT2D eigenvalue weighted by molar-refractivity contribution is -0.117. The molecular formula is C17H19N3O3S. The number of carbonyl (C=O) groups excluding carboxylic acids is 1. The highest BCUT2D eigenvalue weighted by Gasteiger charge is 2.31. The zero-order valence-electron chi connectivity index (χ0n) is 13.8. The minimum absolute atomic E-state index is 0.0404. The van der Waals surface area contributed by atoms with Gasteiger partial charge in [-0.3, -0.25) is 9.78 Å². The molecule has 0 bridgehead atoms. The normalized spacial score (nSPS) is 14.8. The molecule has 126 valence electrons. The van der Waals surface area contributed by atoms with Crippen LogP contribution in [0.4, 0.5) is 5.69 Å². The average Bonchev–Trinajstić information content (AvgIpc) is 2.81. The summed E-state index contributed by atoms with van der Waals surface area (Å²) in [6.07, 6.45) is 1.85. The van der Waals surface area contributed by atoms with E-state index in [0.29, 0.717) is 5.69 Å². The number of nitrogens with zero attached hydrogens (tertiary/aromatic N) is 2. The van der Waals surface area contributed by atoms with E-state index in [-0.39, 0.29) is 17.2 Å². The molecule has 0 saturated carbocycles. The SMILES string of the molecule is CN1C(=O)Cc2cc(S(=O)(=O)NC(C)(C)c3ccccn3)ccc21. The molecule has 0 spiro atoms. The van der Waals surface area contributed by atoms with Crippen molar-refractivity contribution in [1.29, 1.82) is 0 Å². The van der Waals surface area contributed by atoms with Crippen molar-refractivity contribution in [1.82, 2.24) is 9.71 Å². The molecule has 0 fully saturated rings. The van der Waals surface area contributed by atoms with E-state index in [1.54, 1.807) is 51.4 Å². The Balaban J connectivity index is 1.92. The first-order valence-electron chi connectivity index (χ1n) is 7.56. The molecule has 0 unspecified atom stereocenters. The van der Waals surface area contributed by atoms with Gasteiger partial charge in [-0.2, -0.15) is 4.72 Å². The molecule has 2 aromatic rings. The zero-order valence-corrected chi connectivity index (χ0v) is 14.6. The number of pyridine rings is 1. The number of amides is 1. The fourth-order valence-electron chi connectivity index (χ4n) is 2.79. The fourth-order valence-corrected chi connectivity index (χ4v) is 4.23. The van der Waals surface area contributed by atoms with Crippen LogP contribution in [0.25, 0.3) is 0 Å². The monoisotopic (exact) mass is 345 g/mol. The van der Waals surface area contributed by atoms with Gasteiger partial charge < -0.3 is 4.90 Å². The lowest BCUT2D eigenvalue weighted by atomic mass is 10.0. The lowest BCUT2D eigenvalue weighted by Crippen LogP contribution is -2.41. The van der Waals surface area contributed by atoms with Gasteiger partial charge in [-0.1, -0.05) is 6.07 Å². The van der Waals surface area contributed by atoms with Crippen molar-refractivity contribution >= 4 is 21.6 Å². The Bertz CT molecular complexity index is 893. The number of rotatable bonds is 4. The number of aromatic nitrogens is 1. The second-order valence-corrected chi connectivity index (χ2v) is 8.05. The van der Waals surface area contributed by atoms with Crippen LogP contribution in [0.15, 0.2) is 47.5 Å². The molecule has 7 heteroatoms. The number of hydrogen-bond acceptors (Lipinski definition) is 4. The summed E-state index contributed by atoms with van der Waals surface area (Å²) in [5.41, 5.74) is 1.25. The van der Waals surface area contributed by atoms with E-state index in [2.05, 4.69) is 9.71 Å². The average molecular weight is 345 g/mol. The molecule has 1 aliphatic heterocycles. The maximum Gasteiger partial charge on any atom is 0.241 e. The highest BCUT2D eigenvalue weighted by molar-refractivity contribution is 7.89. The third-order valence-corrected chi connectivity index (χ3v) is 5.79. The number of carbonyl (C=O) groups is 1. The summed E-state index contributed by atoms with van der Waals surface area (Å²) in [5.74, 6) is -0.0404. The maximum atomic E-state index is 12.7. The van der Waals surface area contributed by atoms with Crippen LogP contribution in [0.1, 0.15) is 25.1 Å². The summed E-state index contributed by atoms with van der Waals surface area (Å²) in [6, 6.07) is 10.1. The molecule has 1 aromatic heterocycles. The number of nitrogens with one attached hydrogen (secondary N) is 1. The summed E-state index contributed by atoms with van der Waals surface area (Å²) >= 11 is 0. The van der Waals surface area contributed by atoms with Gasteiger partial charge in [-0.05, 0) is 49.7 Å². The first-order valence-corrected chi connectivity index (χ1v) is 9.04. The summed E-state index contributed by atoms with van der Waals surface area (Å²) < 4.78 is 28.2. The van der Waals surface area contributed by atoms with Gasteiger partial charge in [0.15, 0.2) is 0 Å². The molecule has 0 saturated heterocycles. The van der Waals surface area contributed by atoms with Crippen LogP contribution in [-0.2, 0) is 26.8 Å². The largest absolute Gasteiger partial charge is 0.315 e. The quantitative estimate of drug-likeness (QED) is 0.917. The van der Waals surface area contributed by atoms with Gasteiger partial charge in [0.2, 0.25) is 15.9 Å². The van der Waals surface area contributed by atoms with Crippen molar-refractivity contribution in [3.63, 3.8) is 0 Å². The van der Waals surface area contributed by atoms with E-state index < -0.39 is 15.6 Å². The second-order valence-electron chi connectivity index (χ2n) is 6.37. The van der Waals surface area contributed by atoms with Crippen LogP contribution in [0.3, 0.4) is 0 Å². The Morgan fingerprint density at radius 2 is 1.96 bits per heavy atom. The predicted octanol–water partition coefficient (Wildman–Crippen LogP) is 1.81. The van der Waals surface area contributed by atoms with Crippen molar-refractivity contribution in [2.45, 2.75) is 30.7 Å². The van der Waals surface area contributed by atoms with Gasteiger partial charge in [0, 0.05) is 18.9 Å². The van der Waals surface area contributed by atoms with Gasteiger partial charge in [0.25, 0.3) is 0 Å². The summed E-state index contributed by atoms with van der Waals surface area (Å²) in [7, 11) is -2.06. The standard InChI is InChI=1S/C17H19N3O3S/c1-17(2,15-6-4-5-9-18-15)19-24(22,23)13-7-8-14-12(10-13)11-16(21)20(14)3/h4-10,19H,11H2,1-3H3. The fraction of sp³-hybridized carbons (Fsp3) is 0.294. The topological polar surface area (TPSA) is 79.4 Å². The van der Waals surface area contributed by atoms with Gasteiger partial charge in [0.1, 0.15) is 0 Å². The van der Waals surface area contributed by atoms with Gasteiger partial charge in [-0.15, -0.1) is 0 Å². The maximum absolute atomic E-state index is 12.7. The molecule has 0 radical (unpaired) electrons. The van der Waals surface area contributed by atoms with E-state index in [1.807, 2.05) is 6.07 Å². The van der Waals surface area contributed by atoms with Crippen molar-refractivity contribution in [3.05, 3.63) is 53.9 Å². The molecule has 1 N–H and O–H groups in total. The van der Waals surface area contributed by atoms with Gasteiger partial charge in [0.05, 0.1) is 22.5 Å². The number of hydrogen-bond donors (Lipinski definition) is 1. The Morgan fingerprint density at radius 3 is 2.62 bits per heavy atom. The van der Waals surface area contributed by atoms with E-state index in [1.165, 1.54) is 11.0 Å². The molecule has 3 rings (SSSR count). The van der Waals surface area contributed by atoms with Crippen molar-refractivity contribution in [2.75, 3.05) is 11.9 Å². The molecule has 0 aliphatic carbocycles. The molecule has 6 nitrogen and oxygen atoms in total. The molecule has 1 aliphatic rings. The minimum atomic E-state index is -3.74. The van der Waals surface area contributed by atoms with Crippen LogP contribution in [0.2, 0.25) is 0 Å². The number of anilines is 1. The molecule has 1 aromatic carbocycles. The van der Waals surface area contributed by atoms with E-state index >= 15 is 0 Å². The van der Waals surface area contributed by atoms with Crippen molar-refractivity contribution in [2.24, 2.45) is 0 Å². The van der Waals surface area contributed by atoms with Gasteiger partial charge in [-0.25, -0.2) is 8.42 Å². The van der Waals surface area contributed by atoms with Gasteiger partial charge >= 0.3 is 0 Å². The predicted molar refractivity (Wildman–Crippen MR) is 91.1 cm³/mol. The number of likely N-dealkylation sites (N-methyl/N-ethyl adjacent to an activating group) is 1.